The average molecular weight is 256 g/mol. The average Bonchev–Trinajstić information content (AvgIpc) is 2.42. The molecule has 108 valence electrons. The largest absolute Gasteiger partial charge is 0.233 e. The molecule has 2 aliphatic carbocycles. The highest BCUT2D eigenvalue weighted by Gasteiger charge is 2.23. The molecule has 2 aliphatic rings. The molecule has 0 amide bonds. The number of hydrogen-bond acceptors (Lipinski definition) is 2. The first kappa shape index (κ1) is 16.0. The minimum Gasteiger partial charge on any atom is -0.233 e. The van der Waals surface area contributed by atoms with Crippen molar-refractivity contribution >= 4 is 0 Å². The molecule has 0 atom stereocenters. The second-order valence-corrected chi connectivity index (χ2v) is 5.96. The van der Waals surface area contributed by atoms with Gasteiger partial charge in [0.2, 0.25) is 0 Å². The molecule has 0 aromatic heterocycles. The van der Waals surface area contributed by atoms with Gasteiger partial charge < -0.3 is 0 Å². The molecule has 0 aromatic rings. The van der Waals surface area contributed by atoms with E-state index in [1.54, 1.807) is 0 Å². The molecule has 0 aromatic carbocycles. The zero-order valence-electron chi connectivity index (χ0n) is 12.8. The molecule has 2 fully saturated rings. The maximum Gasteiger partial charge on any atom is 0.0930 e. The Morgan fingerprint density at radius 1 is 0.556 bits per heavy atom. The van der Waals surface area contributed by atoms with Crippen LogP contribution in [0.3, 0.4) is 0 Å². The first-order valence-corrected chi connectivity index (χ1v) is 8.06. The fourth-order valence-corrected chi connectivity index (χ4v) is 2.81. The highest BCUT2D eigenvalue weighted by molar-refractivity contribution is 4.71. The van der Waals surface area contributed by atoms with E-state index in [-0.39, 0.29) is 0 Å². The molecular formula is C16H32O2. The molecule has 2 rings (SSSR count). The van der Waals surface area contributed by atoms with Crippen LogP contribution in [-0.4, -0.2) is 12.2 Å². The van der Waals surface area contributed by atoms with Crippen molar-refractivity contribution in [2.45, 2.75) is 91.3 Å². The van der Waals surface area contributed by atoms with Crippen molar-refractivity contribution in [3.05, 3.63) is 0 Å². The van der Waals surface area contributed by atoms with Gasteiger partial charge in [-0.2, -0.15) is 0 Å². The highest BCUT2D eigenvalue weighted by Crippen LogP contribution is 2.29. The fraction of sp³-hybridized carbons (Fsp3) is 1.00. The van der Waals surface area contributed by atoms with Gasteiger partial charge in [-0.25, -0.2) is 9.78 Å². The molecule has 18 heavy (non-hydrogen) atoms. The molecular weight excluding hydrogens is 224 g/mol. The summed E-state index contributed by atoms with van der Waals surface area (Å²) in [5, 5.41) is 0. The van der Waals surface area contributed by atoms with E-state index in [9.17, 15) is 0 Å². The highest BCUT2D eigenvalue weighted by atomic mass is 17.2. The van der Waals surface area contributed by atoms with Crippen molar-refractivity contribution in [1.29, 1.82) is 0 Å². The van der Waals surface area contributed by atoms with Crippen molar-refractivity contribution in [2.75, 3.05) is 0 Å². The zero-order chi connectivity index (χ0) is 13.4. The standard InChI is InChI=1S/C14H26O2.C2H6/c1-11-3-7-13(8-4-11)15-16-14-9-5-12(2)6-10-14;1-2/h11-14H,3-10H2,1-2H3;1-2H3. The van der Waals surface area contributed by atoms with Gasteiger partial charge in [0, 0.05) is 0 Å². The van der Waals surface area contributed by atoms with E-state index in [2.05, 4.69) is 13.8 Å². The van der Waals surface area contributed by atoms with Crippen LogP contribution in [-0.2, 0) is 9.78 Å². The summed E-state index contributed by atoms with van der Waals surface area (Å²) in [6.45, 7) is 8.67. The summed E-state index contributed by atoms with van der Waals surface area (Å²) >= 11 is 0. The lowest BCUT2D eigenvalue weighted by molar-refractivity contribution is -0.359. The van der Waals surface area contributed by atoms with Gasteiger partial charge in [0.15, 0.2) is 0 Å². The lowest BCUT2D eigenvalue weighted by atomic mass is 9.89. The Kier molecular flexibility index (Phi) is 7.92. The van der Waals surface area contributed by atoms with Crippen molar-refractivity contribution in [3.8, 4) is 0 Å². The third-order valence-electron chi connectivity index (χ3n) is 4.25. The molecule has 0 radical (unpaired) electrons. The Balaban J connectivity index is 0.000000771. The van der Waals surface area contributed by atoms with Crippen LogP contribution in [0.25, 0.3) is 0 Å². The Labute approximate surface area is 113 Å². The summed E-state index contributed by atoms with van der Waals surface area (Å²) in [6.07, 6.45) is 10.7. The van der Waals surface area contributed by atoms with Gasteiger partial charge >= 0.3 is 0 Å². The van der Waals surface area contributed by atoms with Crippen molar-refractivity contribution < 1.29 is 9.78 Å². The minimum atomic E-state index is 0.371. The van der Waals surface area contributed by atoms with E-state index < -0.39 is 0 Å². The summed E-state index contributed by atoms with van der Waals surface area (Å²) in [7, 11) is 0. The van der Waals surface area contributed by atoms with Crippen LogP contribution in [0.2, 0.25) is 0 Å². The minimum absolute atomic E-state index is 0.371. The van der Waals surface area contributed by atoms with E-state index in [0.717, 1.165) is 11.8 Å². The lowest BCUT2D eigenvalue weighted by Gasteiger charge is -2.29. The molecule has 0 unspecified atom stereocenters. The van der Waals surface area contributed by atoms with Crippen LogP contribution in [0.1, 0.15) is 79.1 Å². The predicted octanol–water partition coefficient (Wildman–Crippen LogP) is 5.12. The summed E-state index contributed by atoms with van der Waals surface area (Å²) < 4.78 is 0. The Morgan fingerprint density at radius 3 is 1.11 bits per heavy atom. The zero-order valence-corrected chi connectivity index (χ0v) is 12.8. The molecule has 2 nitrogen and oxygen atoms in total. The Bertz CT molecular complexity index is 167. The van der Waals surface area contributed by atoms with Crippen LogP contribution in [0, 0.1) is 11.8 Å². The molecule has 2 heteroatoms. The summed E-state index contributed by atoms with van der Waals surface area (Å²) in [6, 6.07) is 0. The number of hydrogen-bond donors (Lipinski definition) is 0. The Morgan fingerprint density at radius 2 is 0.833 bits per heavy atom. The third kappa shape index (κ3) is 5.71. The molecule has 0 bridgehead atoms. The summed E-state index contributed by atoms with van der Waals surface area (Å²) in [5.41, 5.74) is 0. The van der Waals surface area contributed by atoms with Gasteiger partial charge in [0.1, 0.15) is 0 Å². The van der Waals surface area contributed by atoms with Crippen LogP contribution < -0.4 is 0 Å². The first-order chi connectivity index (χ1) is 8.74. The maximum absolute atomic E-state index is 5.61. The summed E-state index contributed by atoms with van der Waals surface area (Å²) in [4.78, 5) is 11.2. The van der Waals surface area contributed by atoms with Gasteiger partial charge in [0.25, 0.3) is 0 Å². The van der Waals surface area contributed by atoms with E-state index in [4.69, 9.17) is 9.78 Å². The predicted molar refractivity (Wildman–Crippen MR) is 76.4 cm³/mol. The quantitative estimate of drug-likeness (QED) is 0.515. The SMILES string of the molecule is CC.CC1CCC(OOC2CCC(C)CC2)CC1. The van der Waals surface area contributed by atoms with Gasteiger partial charge in [0.05, 0.1) is 12.2 Å². The molecule has 0 heterocycles. The maximum atomic E-state index is 5.61. The van der Waals surface area contributed by atoms with Gasteiger partial charge in [-0.1, -0.05) is 27.7 Å². The second-order valence-electron chi connectivity index (χ2n) is 5.96. The molecule has 0 aliphatic heterocycles. The van der Waals surface area contributed by atoms with E-state index >= 15 is 0 Å². The molecule has 2 saturated carbocycles. The van der Waals surface area contributed by atoms with Crippen LogP contribution in [0.15, 0.2) is 0 Å². The first-order valence-electron chi connectivity index (χ1n) is 8.06. The van der Waals surface area contributed by atoms with Gasteiger partial charge in [-0.05, 0) is 63.2 Å². The molecule has 0 spiro atoms. The topological polar surface area (TPSA) is 18.5 Å². The van der Waals surface area contributed by atoms with Crippen molar-refractivity contribution in [2.24, 2.45) is 11.8 Å². The van der Waals surface area contributed by atoms with Crippen LogP contribution >= 0.6 is 0 Å². The van der Waals surface area contributed by atoms with Crippen molar-refractivity contribution in [3.63, 3.8) is 0 Å². The van der Waals surface area contributed by atoms with E-state index in [1.807, 2.05) is 13.8 Å². The number of rotatable bonds is 3. The molecule has 0 N–H and O–H groups in total. The monoisotopic (exact) mass is 256 g/mol. The molecule has 0 saturated heterocycles. The smallest absolute Gasteiger partial charge is 0.0930 e. The van der Waals surface area contributed by atoms with E-state index in [0.29, 0.717) is 12.2 Å². The van der Waals surface area contributed by atoms with Crippen LogP contribution in [0.4, 0.5) is 0 Å². The third-order valence-corrected chi connectivity index (χ3v) is 4.25. The van der Waals surface area contributed by atoms with Gasteiger partial charge in [-0.3, -0.25) is 0 Å². The summed E-state index contributed by atoms with van der Waals surface area (Å²) in [5.74, 6) is 1.77. The normalized spacial score (nSPS) is 36.7. The fourth-order valence-electron chi connectivity index (χ4n) is 2.81. The lowest BCUT2D eigenvalue weighted by Crippen LogP contribution is -2.26. The van der Waals surface area contributed by atoms with Gasteiger partial charge in [-0.15, -0.1) is 0 Å². The van der Waals surface area contributed by atoms with Crippen molar-refractivity contribution in [1.82, 2.24) is 0 Å². The van der Waals surface area contributed by atoms with Crippen LogP contribution in [0.5, 0.6) is 0 Å². The Hall–Kier alpha value is -0.0800. The van der Waals surface area contributed by atoms with E-state index in [1.165, 1.54) is 51.4 Å². The second kappa shape index (κ2) is 8.92.